The van der Waals surface area contributed by atoms with Crippen LogP contribution in [-0.4, -0.2) is 5.91 Å². The van der Waals surface area contributed by atoms with Crippen molar-refractivity contribution in [1.29, 1.82) is 0 Å². The lowest BCUT2D eigenvalue weighted by Crippen LogP contribution is -2.21. The van der Waals surface area contributed by atoms with E-state index in [1.165, 1.54) is 0 Å². The number of halogens is 1. The van der Waals surface area contributed by atoms with E-state index in [2.05, 4.69) is 27.8 Å². The molecule has 74 valence electrons. The summed E-state index contributed by atoms with van der Waals surface area (Å²) in [5, 5.41) is 2.80. The van der Waals surface area contributed by atoms with E-state index < -0.39 is 0 Å². The standard InChI is InChI=1S/C11H12BrNO/c1-2-4-11(14)13-8-9-5-3-6-10(12)7-9/h2-3,5-7H,1,4,8H2,(H,13,14). The Kier molecular flexibility index (Phi) is 4.40. The first-order valence-corrected chi connectivity index (χ1v) is 5.13. The minimum atomic E-state index is -0.0000227. The molecule has 2 nitrogen and oxygen atoms in total. The molecule has 14 heavy (non-hydrogen) atoms. The average molecular weight is 254 g/mol. The number of nitrogens with one attached hydrogen (secondary N) is 1. The van der Waals surface area contributed by atoms with Gasteiger partial charge in [-0.3, -0.25) is 4.79 Å². The fourth-order valence-electron chi connectivity index (χ4n) is 1.05. The van der Waals surface area contributed by atoms with Gasteiger partial charge in [0.25, 0.3) is 0 Å². The molecule has 1 aromatic carbocycles. The minimum absolute atomic E-state index is 0.0000227. The summed E-state index contributed by atoms with van der Waals surface area (Å²) < 4.78 is 1.02. The van der Waals surface area contributed by atoms with Crippen LogP contribution in [0.4, 0.5) is 0 Å². The van der Waals surface area contributed by atoms with Crippen molar-refractivity contribution in [3.63, 3.8) is 0 Å². The molecule has 0 aliphatic carbocycles. The Bertz CT molecular complexity index is 336. The molecule has 0 bridgehead atoms. The number of benzene rings is 1. The van der Waals surface area contributed by atoms with Crippen LogP contribution in [0, 0.1) is 0 Å². The van der Waals surface area contributed by atoms with Crippen LogP contribution < -0.4 is 5.32 Å². The molecule has 0 atom stereocenters. The van der Waals surface area contributed by atoms with Crippen molar-refractivity contribution in [3.8, 4) is 0 Å². The van der Waals surface area contributed by atoms with E-state index >= 15 is 0 Å². The molecule has 0 aliphatic rings. The first-order valence-electron chi connectivity index (χ1n) is 4.34. The van der Waals surface area contributed by atoms with Crippen LogP contribution in [-0.2, 0) is 11.3 Å². The van der Waals surface area contributed by atoms with Gasteiger partial charge in [-0.1, -0.05) is 34.1 Å². The Hall–Kier alpha value is -1.09. The van der Waals surface area contributed by atoms with Crippen LogP contribution in [0.2, 0.25) is 0 Å². The fourth-order valence-corrected chi connectivity index (χ4v) is 1.50. The van der Waals surface area contributed by atoms with Gasteiger partial charge in [0.1, 0.15) is 0 Å². The summed E-state index contributed by atoms with van der Waals surface area (Å²) in [6, 6.07) is 7.85. The molecule has 0 saturated heterocycles. The van der Waals surface area contributed by atoms with Crippen LogP contribution in [0.15, 0.2) is 41.4 Å². The highest BCUT2D eigenvalue weighted by Crippen LogP contribution is 2.11. The molecule has 0 fully saturated rings. The molecule has 1 N–H and O–H groups in total. The maximum absolute atomic E-state index is 11.1. The molecular weight excluding hydrogens is 242 g/mol. The van der Waals surface area contributed by atoms with Crippen LogP contribution in [0.25, 0.3) is 0 Å². The van der Waals surface area contributed by atoms with E-state index in [1.54, 1.807) is 6.08 Å². The molecule has 0 spiro atoms. The van der Waals surface area contributed by atoms with Gasteiger partial charge < -0.3 is 5.32 Å². The third kappa shape index (κ3) is 3.75. The van der Waals surface area contributed by atoms with Gasteiger partial charge in [-0.2, -0.15) is 0 Å². The first kappa shape index (κ1) is 11.0. The Balaban J connectivity index is 2.45. The maximum Gasteiger partial charge on any atom is 0.224 e. The van der Waals surface area contributed by atoms with Crippen molar-refractivity contribution < 1.29 is 4.79 Å². The van der Waals surface area contributed by atoms with Gasteiger partial charge in [0.05, 0.1) is 0 Å². The maximum atomic E-state index is 11.1. The molecule has 1 amide bonds. The molecule has 0 aromatic heterocycles. The zero-order valence-corrected chi connectivity index (χ0v) is 9.38. The Morgan fingerprint density at radius 1 is 1.57 bits per heavy atom. The summed E-state index contributed by atoms with van der Waals surface area (Å²) in [4.78, 5) is 11.1. The smallest absolute Gasteiger partial charge is 0.224 e. The lowest BCUT2D eigenvalue weighted by molar-refractivity contribution is -0.120. The molecule has 1 aromatic rings. The van der Waals surface area contributed by atoms with Gasteiger partial charge >= 0.3 is 0 Å². The van der Waals surface area contributed by atoms with Crippen molar-refractivity contribution in [2.24, 2.45) is 0 Å². The zero-order chi connectivity index (χ0) is 10.4. The fraction of sp³-hybridized carbons (Fsp3) is 0.182. The number of carbonyl (C=O) groups is 1. The SMILES string of the molecule is C=CCC(=O)NCc1cccc(Br)c1. The normalized spacial score (nSPS) is 9.50. The molecule has 1 rings (SSSR count). The second kappa shape index (κ2) is 5.60. The highest BCUT2D eigenvalue weighted by atomic mass is 79.9. The largest absolute Gasteiger partial charge is 0.352 e. The van der Waals surface area contributed by atoms with Gasteiger partial charge in [0.15, 0.2) is 0 Å². The highest BCUT2D eigenvalue weighted by Gasteiger charge is 1.98. The van der Waals surface area contributed by atoms with E-state index in [0.717, 1.165) is 10.0 Å². The lowest BCUT2D eigenvalue weighted by atomic mass is 10.2. The molecule has 3 heteroatoms. The third-order valence-electron chi connectivity index (χ3n) is 1.71. The van der Waals surface area contributed by atoms with Gasteiger partial charge in [0, 0.05) is 17.4 Å². The number of amides is 1. The summed E-state index contributed by atoms with van der Waals surface area (Å²) in [5.74, 6) is -0.0000227. The van der Waals surface area contributed by atoms with Crippen LogP contribution in [0.1, 0.15) is 12.0 Å². The van der Waals surface area contributed by atoms with Crippen molar-refractivity contribution in [2.75, 3.05) is 0 Å². The predicted octanol–water partition coefficient (Wildman–Crippen LogP) is 2.64. The summed E-state index contributed by atoms with van der Waals surface area (Å²) >= 11 is 3.37. The van der Waals surface area contributed by atoms with Gasteiger partial charge in [-0.05, 0) is 17.7 Å². The summed E-state index contributed by atoms with van der Waals surface area (Å²) in [6.45, 7) is 4.06. The van der Waals surface area contributed by atoms with Gasteiger partial charge in [0.2, 0.25) is 5.91 Å². The third-order valence-corrected chi connectivity index (χ3v) is 2.20. The Morgan fingerprint density at radius 3 is 3.00 bits per heavy atom. The van der Waals surface area contributed by atoms with E-state index in [0.29, 0.717) is 13.0 Å². The van der Waals surface area contributed by atoms with E-state index in [9.17, 15) is 4.79 Å². The number of hydrogen-bond donors (Lipinski definition) is 1. The molecule has 0 aliphatic heterocycles. The van der Waals surface area contributed by atoms with Crippen molar-refractivity contribution in [3.05, 3.63) is 47.0 Å². The molecule has 0 radical (unpaired) electrons. The minimum Gasteiger partial charge on any atom is -0.352 e. The second-order valence-electron chi connectivity index (χ2n) is 2.90. The van der Waals surface area contributed by atoms with E-state index in [1.807, 2.05) is 24.3 Å². The lowest BCUT2D eigenvalue weighted by Gasteiger charge is -2.03. The Morgan fingerprint density at radius 2 is 2.36 bits per heavy atom. The van der Waals surface area contributed by atoms with Crippen molar-refractivity contribution in [1.82, 2.24) is 5.32 Å². The van der Waals surface area contributed by atoms with E-state index in [4.69, 9.17) is 0 Å². The van der Waals surface area contributed by atoms with Crippen molar-refractivity contribution in [2.45, 2.75) is 13.0 Å². The number of rotatable bonds is 4. The number of hydrogen-bond acceptors (Lipinski definition) is 1. The molecule has 0 heterocycles. The van der Waals surface area contributed by atoms with Gasteiger partial charge in [-0.25, -0.2) is 0 Å². The quantitative estimate of drug-likeness (QED) is 0.822. The van der Waals surface area contributed by atoms with Gasteiger partial charge in [-0.15, -0.1) is 6.58 Å². The highest BCUT2D eigenvalue weighted by molar-refractivity contribution is 9.10. The van der Waals surface area contributed by atoms with Crippen LogP contribution >= 0.6 is 15.9 Å². The summed E-state index contributed by atoms with van der Waals surface area (Å²) in [7, 11) is 0. The molecule has 0 saturated carbocycles. The first-order chi connectivity index (χ1) is 6.72. The van der Waals surface area contributed by atoms with Crippen LogP contribution in [0.3, 0.4) is 0 Å². The summed E-state index contributed by atoms with van der Waals surface area (Å²) in [6.07, 6.45) is 1.96. The van der Waals surface area contributed by atoms with Crippen LogP contribution in [0.5, 0.6) is 0 Å². The second-order valence-corrected chi connectivity index (χ2v) is 3.82. The Labute approximate surface area is 92.1 Å². The number of carbonyl (C=O) groups excluding carboxylic acids is 1. The van der Waals surface area contributed by atoms with E-state index in [-0.39, 0.29) is 5.91 Å². The zero-order valence-electron chi connectivity index (χ0n) is 7.79. The topological polar surface area (TPSA) is 29.1 Å². The predicted molar refractivity (Wildman–Crippen MR) is 60.8 cm³/mol. The molecule has 0 unspecified atom stereocenters. The average Bonchev–Trinajstić information content (AvgIpc) is 2.15. The van der Waals surface area contributed by atoms with Crippen molar-refractivity contribution >= 4 is 21.8 Å². The molecular formula is C11H12BrNO. The summed E-state index contributed by atoms with van der Waals surface area (Å²) in [5.41, 5.74) is 1.08. The monoisotopic (exact) mass is 253 g/mol.